The molecule has 2 aromatic heterocycles. The van der Waals surface area contributed by atoms with Crippen LogP contribution < -0.4 is 5.32 Å². The number of amides is 1. The van der Waals surface area contributed by atoms with Crippen LogP contribution in [0.2, 0.25) is 0 Å². The molecule has 0 aliphatic heterocycles. The minimum atomic E-state index is -0.438. The third-order valence-corrected chi connectivity index (χ3v) is 3.99. The highest BCUT2D eigenvalue weighted by Gasteiger charge is 2.17. The first kappa shape index (κ1) is 17.8. The molecule has 0 atom stereocenters. The van der Waals surface area contributed by atoms with Crippen molar-refractivity contribution >= 4 is 17.6 Å². The summed E-state index contributed by atoms with van der Waals surface area (Å²) in [7, 11) is 3.68. The highest BCUT2D eigenvalue weighted by molar-refractivity contribution is 6.01. The van der Waals surface area contributed by atoms with Crippen molar-refractivity contribution in [2.75, 3.05) is 11.9 Å². The molecule has 2 heterocycles. The Morgan fingerprint density at radius 1 is 1.25 bits per heavy atom. The monoisotopic (exact) mass is 332 g/mol. The maximum absolute atomic E-state index is 12.3. The molecule has 0 bridgehead atoms. The molecule has 0 saturated carbocycles. The Morgan fingerprint density at radius 3 is 2.54 bits per heavy atom. The number of aromatic nitrogens is 3. The zero-order valence-electron chi connectivity index (χ0n) is 14.8. The first-order valence-electron chi connectivity index (χ1n) is 7.95. The van der Waals surface area contributed by atoms with Crippen LogP contribution >= 0.6 is 0 Å². The van der Waals surface area contributed by atoms with E-state index in [9.17, 15) is 9.59 Å². The number of aryl methyl sites for hydroxylation is 3. The summed E-state index contributed by atoms with van der Waals surface area (Å²) >= 11 is 0. The second kappa shape index (κ2) is 7.33. The molecule has 24 heavy (non-hydrogen) atoms. The molecule has 0 aromatic carbocycles. The standard InChI is InChI=1S/C17H24N4O3/c1-6-24-17(23)14-9-20(4)10-15(14)18-16(22)8-7-13-11(2)19-21(5)12(13)3/h9-10H,6-8H2,1-5H3,(H,18,22). The fraction of sp³-hybridized carbons (Fsp3) is 0.471. The van der Waals surface area contributed by atoms with Crippen LogP contribution in [0.25, 0.3) is 0 Å². The summed E-state index contributed by atoms with van der Waals surface area (Å²) in [5.74, 6) is -0.582. The van der Waals surface area contributed by atoms with Crippen LogP contribution in [0.5, 0.6) is 0 Å². The Labute approximate surface area is 141 Å². The lowest BCUT2D eigenvalue weighted by molar-refractivity contribution is -0.116. The van der Waals surface area contributed by atoms with E-state index in [4.69, 9.17) is 4.74 Å². The number of hydrogen-bond donors (Lipinski definition) is 1. The highest BCUT2D eigenvalue weighted by atomic mass is 16.5. The number of carbonyl (C=O) groups is 2. The van der Waals surface area contributed by atoms with Crippen molar-refractivity contribution in [2.24, 2.45) is 14.1 Å². The van der Waals surface area contributed by atoms with E-state index in [1.165, 1.54) is 0 Å². The Hall–Kier alpha value is -2.57. The minimum absolute atomic E-state index is 0.144. The molecule has 1 N–H and O–H groups in total. The Balaban J connectivity index is 2.04. The van der Waals surface area contributed by atoms with Gasteiger partial charge >= 0.3 is 5.97 Å². The number of carbonyl (C=O) groups excluding carboxylic acids is 2. The first-order chi connectivity index (χ1) is 11.3. The molecule has 1 amide bonds. The van der Waals surface area contributed by atoms with Gasteiger partial charge in [0.2, 0.25) is 5.91 Å². The maximum atomic E-state index is 12.3. The maximum Gasteiger partial charge on any atom is 0.341 e. The van der Waals surface area contributed by atoms with Crippen molar-refractivity contribution in [3.05, 3.63) is 34.9 Å². The topological polar surface area (TPSA) is 78.2 Å². The van der Waals surface area contributed by atoms with Crippen molar-refractivity contribution in [3.63, 3.8) is 0 Å². The van der Waals surface area contributed by atoms with Gasteiger partial charge in [-0.15, -0.1) is 0 Å². The molecule has 0 aliphatic rings. The van der Waals surface area contributed by atoms with Gasteiger partial charge in [0.05, 0.1) is 18.0 Å². The molecule has 0 spiro atoms. The van der Waals surface area contributed by atoms with Gasteiger partial charge < -0.3 is 14.6 Å². The predicted molar refractivity (Wildman–Crippen MR) is 91.0 cm³/mol. The van der Waals surface area contributed by atoms with Gasteiger partial charge in [0.15, 0.2) is 0 Å². The van der Waals surface area contributed by atoms with Crippen molar-refractivity contribution < 1.29 is 14.3 Å². The fourth-order valence-electron chi connectivity index (χ4n) is 2.69. The number of esters is 1. The Bertz CT molecular complexity index is 758. The van der Waals surface area contributed by atoms with Crippen LogP contribution in [0.15, 0.2) is 12.4 Å². The molecule has 7 nitrogen and oxygen atoms in total. The summed E-state index contributed by atoms with van der Waals surface area (Å²) in [6.45, 7) is 5.97. The van der Waals surface area contributed by atoms with Crippen LogP contribution in [0.1, 0.15) is 40.7 Å². The molecule has 0 fully saturated rings. The molecule has 0 saturated heterocycles. The molecule has 7 heteroatoms. The quantitative estimate of drug-likeness (QED) is 0.822. The average molecular weight is 332 g/mol. The number of hydrogen-bond acceptors (Lipinski definition) is 4. The summed E-state index contributed by atoms with van der Waals surface area (Å²) in [5.41, 5.74) is 3.93. The van der Waals surface area contributed by atoms with E-state index in [2.05, 4.69) is 10.4 Å². The third kappa shape index (κ3) is 3.84. The van der Waals surface area contributed by atoms with E-state index in [1.807, 2.05) is 25.6 Å². The first-order valence-corrected chi connectivity index (χ1v) is 7.95. The van der Waals surface area contributed by atoms with Crippen LogP contribution in [0, 0.1) is 13.8 Å². The lowest BCUT2D eigenvalue weighted by Crippen LogP contribution is -2.15. The molecule has 0 radical (unpaired) electrons. The van der Waals surface area contributed by atoms with Crippen LogP contribution in [0.4, 0.5) is 5.69 Å². The number of nitrogens with one attached hydrogen (secondary N) is 1. The van der Waals surface area contributed by atoms with Gasteiger partial charge in [0.25, 0.3) is 0 Å². The van der Waals surface area contributed by atoms with Crippen LogP contribution in [-0.4, -0.2) is 32.8 Å². The van der Waals surface area contributed by atoms with Crippen LogP contribution in [-0.2, 0) is 30.0 Å². The van der Waals surface area contributed by atoms with Gasteiger partial charge in [-0.25, -0.2) is 4.79 Å². The fourth-order valence-corrected chi connectivity index (χ4v) is 2.69. The van der Waals surface area contributed by atoms with Crippen molar-refractivity contribution in [1.29, 1.82) is 0 Å². The zero-order valence-corrected chi connectivity index (χ0v) is 14.8. The smallest absolute Gasteiger partial charge is 0.341 e. The van der Waals surface area contributed by atoms with Crippen molar-refractivity contribution in [3.8, 4) is 0 Å². The van der Waals surface area contributed by atoms with Gasteiger partial charge in [-0.2, -0.15) is 5.10 Å². The Morgan fingerprint density at radius 2 is 1.96 bits per heavy atom. The van der Waals surface area contributed by atoms with E-state index in [1.54, 1.807) is 30.9 Å². The number of ether oxygens (including phenoxy) is 1. The zero-order chi connectivity index (χ0) is 17.9. The Kier molecular flexibility index (Phi) is 5.43. The van der Waals surface area contributed by atoms with E-state index < -0.39 is 5.97 Å². The van der Waals surface area contributed by atoms with E-state index in [-0.39, 0.29) is 5.91 Å². The summed E-state index contributed by atoms with van der Waals surface area (Å²) in [6.07, 6.45) is 4.27. The van der Waals surface area contributed by atoms with Gasteiger partial charge in [0, 0.05) is 38.6 Å². The largest absolute Gasteiger partial charge is 0.462 e. The molecule has 130 valence electrons. The second-order valence-electron chi connectivity index (χ2n) is 5.79. The van der Waals surface area contributed by atoms with E-state index in [0.29, 0.717) is 30.7 Å². The summed E-state index contributed by atoms with van der Waals surface area (Å²) in [4.78, 5) is 24.2. The van der Waals surface area contributed by atoms with Gasteiger partial charge in [-0.05, 0) is 32.8 Å². The minimum Gasteiger partial charge on any atom is -0.462 e. The summed E-state index contributed by atoms with van der Waals surface area (Å²) < 4.78 is 8.55. The van der Waals surface area contributed by atoms with Gasteiger partial charge in [-0.3, -0.25) is 9.48 Å². The predicted octanol–water partition coefficient (Wildman–Crippen LogP) is 2.12. The normalized spacial score (nSPS) is 10.7. The highest BCUT2D eigenvalue weighted by Crippen LogP contribution is 2.19. The van der Waals surface area contributed by atoms with E-state index in [0.717, 1.165) is 17.0 Å². The van der Waals surface area contributed by atoms with Crippen molar-refractivity contribution in [2.45, 2.75) is 33.6 Å². The molecular weight excluding hydrogens is 308 g/mol. The SMILES string of the molecule is CCOC(=O)c1cn(C)cc1NC(=O)CCc1c(C)nn(C)c1C. The number of nitrogens with zero attached hydrogens (tertiary/aromatic N) is 3. The second-order valence-corrected chi connectivity index (χ2v) is 5.79. The number of anilines is 1. The average Bonchev–Trinajstić information content (AvgIpc) is 2.98. The lowest BCUT2D eigenvalue weighted by Gasteiger charge is -2.06. The molecular formula is C17H24N4O3. The third-order valence-electron chi connectivity index (χ3n) is 3.99. The van der Waals surface area contributed by atoms with Gasteiger partial charge in [-0.1, -0.05) is 0 Å². The van der Waals surface area contributed by atoms with E-state index >= 15 is 0 Å². The lowest BCUT2D eigenvalue weighted by atomic mass is 10.1. The van der Waals surface area contributed by atoms with Crippen molar-refractivity contribution in [1.82, 2.24) is 14.3 Å². The molecule has 0 unspecified atom stereocenters. The summed E-state index contributed by atoms with van der Waals surface area (Å²) in [5, 5.41) is 7.15. The molecule has 2 aromatic rings. The molecule has 2 rings (SSSR count). The number of rotatable bonds is 6. The van der Waals surface area contributed by atoms with Crippen LogP contribution in [0.3, 0.4) is 0 Å². The summed E-state index contributed by atoms with van der Waals surface area (Å²) in [6, 6.07) is 0. The molecule has 0 aliphatic carbocycles. The van der Waals surface area contributed by atoms with Gasteiger partial charge in [0.1, 0.15) is 5.56 Å².